The number of aliphatic imine (C=N–C) groups is 1. The first-order valence-electron chi connectivity index (χ1n) is 9.75. The largest absolute Gasteiger partial charge is 0.385 e. The lowest BCUT2D eigenvalue weighted by Crippen LogP contribution is -2.47. The molecule has 1 aromatic carbocycles. The van der Waals surface area contributed by atoms with Gasteiger partial charge in [-0.15, -0.1) is 0 Å². The van der Waals surface area contributed by atoms with Crippen molar-refractivity contribution in [2.24, 2.45) is 10.4 Å². The number of amides is 1. The molecule has 0 aliphatic heterocycles. The zero-order valence-electron chi connectivity index (χ0n) is 17.1. The highest BCUT2D eigenvalue weighted by molar-refractivity contribution is 5.85. The van der Waals surface area contributed by atoms with E-state index in [1.54, 1.807) is 26.1 Å². The van der Waals surface area contributed by atoms with Crippen LogP contribution in [-0.2, 0) is 9.53 Å². The number of guanidine groups is 1. The van der Waals surface area contributed by atoms with Crippen LogP contribution in [0, 0.1) is 5.41 Å². The average molecular weight is 375 g/mol. The maximum absolute atomic E-state index is 12.0. The van der Waals surface area contributed by atoms with Crippen LogP contribution in [0.4, 0.5) is 0 Å². The molecule has 0 spiro atoms. The summed E-state index contributed by atoms with van der Waals surface area (Å²) >= 11 is 0. The van der Waals surface area contributed by atoms with E-state index < -0.39 is 0 Å². The van der Waals surface area contributed by atoms with Crippen molar-refractivity contribution in [1.82, 2.24) is 15.5 Å². The van der Waals surface area contributed by atoms with Crippen LogP contribution in [0.1, 0.15) is 44.2 Å². The molecule has 0 heterocycles. The summed E-state index contributed by atoms with van der Waals surface area (Å²) in [4.78, 5) is 18.0. The minimum atomic E-state index is -0.0128. The van der Waals surface area contributed by atoms with Crippen molar-refractivity contribution in [2.75, 3.05) is 40.9 Å². The number of carbonyl (C=O) groups is 1. The van der Waals surface area contributed by atoms with Crippen molar-refractivity contribution in [2.45, 2.75) is 38.6 Å². The Bertz CT molecular complexity index is 612. The van der Waals surface area contributed by atoms with Gasteiger partial charge in [0.1, 0.15) is 6.54 Å². The Morgan fingerprint density at radius 3 is 2.56 bits per heavy atom. The predicted molar refractivity (Wildman–Crippen MR) is 110 cm³/mol. The molecule has 6 nitrogen and oxygen atoms in total. The summed E-state index contributed by atoms with van der Waals surface area (Å²) in [7, 11) is 5.25. The number of carbonyl (C=O) groups excluding carboxylic acids is 1. The summed E-state index contributed by atoms with van der Waals surface area (Å²) in [5.74, 6) is 0.673. The SMILES string of the molecule is COCCC1(CNC(=NCC(=O)N(C)C)NC(C)c2ccccc2)CCC1. The number of likely N-dealkylation sites (N-methyl/N-ethyl adjacent to an activating group) is 1. The molecule has 0 bridgehead atoms. The van der Waals surface area contributed by atoms with E-state index in [0.717, 1.165) is 19.6 Å². The zero-order valence-corrected chi connectivity index (χ0v) is 17.1. The van der Waals surface area contributed by atoms with Crippen molar-refractivity contribution >= 4 is 11.9 Å². The molecule has 1 amide bonds. The molecule has 0 radical (unpaired) electrons. The minimum Gasteiger partial charge on any atom is -0.385 e. The Kier molecular flexibility index (Phi) is 8.10. The number of methoxy groups -OCH3 is 1. The Hall–Kier alpha value is -2.08. The Morgan fingerprint density at radius 2 is 2.00 bits per heavy atom. The van der Waals surface area contributed by atoms with Crippen LogP contribution < -0.4 is 10.6 Å². The van der Waals surface area contributed by atoms with E-state index in [1.165, 1.54) is 24.8 Å². The van der Waals surface area contributed by atoms with Gasteiger partial charge in [-0.3, -0.25) is 4.79 Å². The van der Waals surface area contributed by atoms with Gasteiger partial charge in [-0.2, -0.15) is 0 Å². The summed E-state index contributed by atoms with van der Waals surface area (Å²) < 4.78 is 5.28. The second-order valence-electron chi connectivity index (χ2n) is 7.68. The first kappa shape index (κ1) is 21.2. The van der Waals surface area contributed by atoms with Crippen LogP contribution >= 0.6 is 0 Å². The molecular weight excluding hydrogens is 340 g/mol. The van der Waals surface area contributed by atoms with Gasteiger partial charge in [0.25, 0.3) is 0 Å². The normalized spacial score (nSPS) is 17.0. The van der Waals surface area contributed by atoms with Crippen molar-refractivity contribution in [3.8, 4) is 0 Å². The van der Waals surface area contributed by atoms with Crippen molar-refractivity contribution in [1.29, 1.82) is 0 Å². The number of benzene rings is 1. The van der Waals surface area contributed by atoms with Crippen LogP contribution in [0.3, 0.4) is 0 Å². The van der Waals surface area contributed by atoms with Gasteiger partial charge < -0.3 is 20.3 Å². The summed E-state index contributed by atoms with van der Waals surface area (Å²) in [6.07, 6.45) is 4.74. The van der Waals surface area contributed by atoms with E-state index >= 15 is 0 Å². The maximum atomic E-state index is 12.0. The van der Waals surface area contributed by atoms with E-state index in [4.69, 9.17) is 4.74 Å². The zero-order chi connectivity index (χ0) is 19.7. The molecule has 1 saturated carbocycles. The van der Waals surface area contributed by atoms with Crippen LogP contribution in [0.2, 0.25) is 0 Å². The Balaban J connectivity index is 2.02. The molecule has 2 N–H and O–H groups in total. The lowest BCUT2D eigenvalue weighted by Gasteiger charge is -2.42. The van der Waals surface area contributed by atoms with Crippen molar-refractivity contribution < 1.29 is 9.53 Å². The number of nitrogens with one attached hydrogen (secondary N) is 2. The maximum Gasteiger partial charge on any atom is 0.243 e. The third-order valence-corrected chi connectivity index (χ3v) is 5.41. The van der Waals surface area contributed by atoms with Gasteiger partial charge in [-0.05, 0) is 37.2 Å². The molecule has 6 heteroatoms. The fourth-order valence-electron chi connectivity index (χ4n) is 3.25. The van der Waals surface area contributed by atoms with Crippen molar-refractivity contribution in [3.05, 3.63) is 35.9 Å². The van der Waals surface area contributed by atoms with E-state index in [-0.39, 0.29) is 23.9 Å². The van der Waals surface area contributed by atoms with Gasteiger partial charge in [0.2, 0.25) is 5.91 Å². The standard InChI is InChI=1S/C21H34N4O2/c1-17(18-9-6-5-7-10-18)24-20(22-15-19(26)25(2)3)23-16-21(11-8-12-21)13-14-27-4/h5-7,9-10,17H,8,11-16H2,1-4H3,(H2,22,23,24). The van der Waals surface area contributed by atoms with Gasteiger partial charge in [0, 0.05) is 34.4 Å². The second-order valence-corrected chi connectivity index (χ2v) is 7.68. The lowest BCUT2D eigenvalue weighted by molar-refractivity contribution is -0.127. The van der Waals surface area contributed by atoms with Crippen LogP contribution in [0.15, 0.2) is 35.3 Å². The molecule has 1 aliphatic rings. The van der Waals surface area contributed by atoms with Crippen LogP contribution in [-0.4, -0.2) is 57.7 Å². The fourth-order valence-corrected chi connectivity index (χ4v) is 3.25. The molecule has 27 heavy (non-hydrogen) atoms. The number of hydrogen-bond acceptors (Lipinski definition) is 3. The molecule has 1 unspecified atom stereocenters. The molecule has 0 saturated heterocycles. The van der Waals surface area contributed by atoms with Gasteiger partial charge in [-0.1, -0.05) is 36.8 Å². The lowest BCUT2D eigenvalue weighted by atomic mass is 9.67. The van der Waals surface area contributed by atoms with Gasteiger partial charge in [0.15, 0.2) is 5.96 Å². The number of rotatable bonds is 9. The first-order valence-corrected chi connectivity index (χ1v) is 9.75. The van der Waals surface area contributed by atoms with E-state index in [0.29, 0.717) is 5.96 Å². The highest BCUT2D eigenvalue weighted by atomic mass is 16.5. The minimum absolute atomic E-state index is 0.0128. The first-order chi connectivity index (χ1) is 13.0. The second kappa shape index (κ2) is 10.3. The molecular formula is C21H34N4O2. The summed E-state index contributed by atoms with van der Waals surface area (Å²) in [6.45, 7) is 3.86. The molecule has 150 valence electrons. The molecule has 1 aromatic rings. The summed E-state index contributed by atoms with van der Waals surface area (Å²) in [5.41, 5.74) is 1.46. The van der Waals surface area contributed by atoms with E-state index in [9.17, 15) is 4.79 Å². The highest BCUT2D eigenvalue weighted by Gasteiger charge is 2.36. The van der Waals surface area contributed by atoms with E-state index in [1.807, 2.05) is 18.2 Å². The van der Waals surface area contributed by atoms with Gasteiger partial charge in [0.05, 0.1) is 6.04 Å². The average Bonchev–Trinajstić information content (AvgIpc) is 2.64. The molecule has 1 fully saturated rings. The predicted octanol–water partition coefficient (Wildman–Crippen LogP) is 2.58. The summed E-state index contributed by atoms with van der Waals surface area (Å²) in [5, 5.41) is 6.92. The monoisotopic (exact) mass is 374 g/mol. The molecule has 1 aliphatic carbocycles. The van der Waals surface area contributed by atoms with E-state index in [2.05, 4.69) is 34.7 Å². The van der Waals surface area contributed by atoms with Crippen LogP contribution in [0.25, 0.3) is 0 Å². The quantitative estimate of drug-likeness (QED) is 0.515. The molecule has 2 rings (SSSR count). The third kappa shape index (κ3) is 6.54. The number of ether oxygens (including phenoxy) is 1. The third-order valence-electron chi connectivity index (χ3n) is 5.41. The van der Waals surface area contributed by atoms with Gasteiger partial charge >= 0.3 is 0 Å². The highest BCUT2D eigenvalue weighted by Crippen LogP contribution is 2.43. The molecule has 1 atom stereocenters. The Labute approximate surface area is 163 Å². The Morgan fingerprint density at radius 1 is 1.30 bits per heavy atom. The van der Waals surface area contributed by atoms with Gasteiger partial charge in [-0.25, -0.2) is 4.99 Å². The fraction of sp³-hybridized carbons (Fsp3) is 0.619. The summed E-state index contributed by atoms with van der Waals surface area (Å²) in [6, 6.07) is 10.3. The smallest absolute Gasteiger partial charge is 0.243 e. The van der Waals surface area contributed by atoms with Crippen molar-refractivity contribution in [3.63, 3.8) is 0 Å². The van der Waals surface area contributed by atoms with Crippen LogP contribution in [0.5, 0.6) is 0 Å². The number of nitrogens with zero attached hydrogens (tertiary/aromatic N) is 2. The topological polar surface area (TPSA) is 66.0 Å². The molecule has 0 aromatic heterocycles. The number of hydrogen-bond donors (Lipinski definition) is 2.